The lowest BCUT2D eigenvalue weighted by Crippen LogP contribution is -2.31. The van der Waals surface area contributed by atoms with Crippen LogP contribution in [0.3, 0.4) is 0 Å². The van der Waals surface area contributed by atoms with Gasteiger partial charge in [-0.1, -0.05) is 23.9 Å². The summed E-state index contributed by atoms with van der Waals surface area (Å²) in [5.74, 6) is 0.0508. The molecule has 1 saturated heterocycles. The van der Waals surface area contributed by atoms with Gasteiger partial charge in [-0.05, 0) is 62.6 Å². The van der Waals surface area contributed by atoms with Gasteiger partial charge in [-0.3, -0.25) is 14.2 Å². The number of hydrogen-bond donors (Lipinski definition) is 1. The number of carbonyl (C=O) groups is 1. The van der Waals surface area contributed by atoms with Crippen LogP contribution in [0.2, 0.25) is 0 Å². The van der Waals surface area contributed by atoms with Crippen LogP contribution >= 0.6 is 11.8 Å². The zero-order valence-corrected chi connectivity index (χ0v) is 19.0. The van der Waals surface area contributed by atoms with E-state index in [0.717, 1.165) is 18.4 Å². The van der Waals surface area contributed by atoms with Crippen molar-refractivity contribution in [3.05, 3.63) is 69.8 Å². The Balaban J connectivity index is 1.71. The minimum Gasteiger partial charge on any atom is -0.376 e. The van der Waals surface area contributed by atoms with Crippen molar-refractivity contribution in [1.29, 1.82) is 0 Å². The quantitative estimate of drug-likeness (QED) is 0.428. The second-order valence-corrected chi connectivity index (χ2v) is 9.16. The lowest BCUT2D eigenvalue weighted by molar-refractivity contribution is 0.0937. The minimum absolute atomic E-state index is 0.00685. The summed E-state index contributed by atoms with van der Waals surface area (Å²) in [5.41, 5.74) is 1.73. The molecule has 1 aliphatic heterocycles. The molecule has 2 aromatic carbocycles. The smallest absolute Gasteiger partial charge is 0.262 e. The molecule has 32 heavy (non-hydrogen) atoms. The summed E-state index contributed by atoms with van der Waals surface area (Å²) in [5, 5.41) is 3.89. The van der Waals surface area contributed by atoms with Gasteiger partial charge in [0.05, 0.1) is 23.6 Å². The molecule has 0 radical (unpaired) electrons. The van der Waals surface area contributed by atoms with Gasteiger partial charge >= 0.3 is 0 Å². The highest BCUT2D eigenvalue weighted by Gasteiger charge is 2.21. The van der Waals surface area contributed by atoms with Crippen LogP contribution in [-0.4, -0.2) is 34.2 Å². The Bertz CT molecular complexity index is 1170. The molecule has 0 saturated carbocycles. The van der Waals surface area contributed by atoms with Crippen LogP contribution in [-0.2, 0) is 17.0 Å². The van der Waals surface area contributed by atoms with Gasteiger partial charge in [-0.15, -0.1) is 0 Å². The fourth-order valence-corrected chi connectivity index (χ4v) is 4.64. The third kappa shape index (κ3) is 5.19. The molecule has 0 spiro atoms. The van der Waals surface area contributed by atoms with Crippen LogP contribution in [0.15, 0.2) is 52.4 Å². The van der Waals surface area contributed by atoms with Gasteiger partial charge in [0.1, 0.15) is 5.82 Å². The molecule has 1 fully saturated rings. The minimum atomic E-state index is -0.287. The number of thioether (sulfide) groups is 1. The summed E-state index contributed by atoms with van der Waals surface area (Å²) in [6.07, 6.45) is 1.86. The van der Waals surface area contributed by atoms with Gasteiger partial charge in [0, 0.05) is 24.0 Å². The van der Waals surface area contributed by atoms with Crippen LogP contribution in [0.4, 0.5) is 4.39 Å². The van der Waals surface area contributed by atoms with Gasteiger partial charge < -0.3 is 10.1 Å². The maximum Gasteiger partial charge on any atom is 0.262 e. The van der Waals surface area contributed by atoms with Crippen molar-refractivity contribution in [3.63, 3.8) is 0 Å². The maximum atomic E-state index is 13.4. The first-order valence-electron chi connectivity index (χ1n) is 10.7. The Morgan fingerprint density at radius 1 is 1.28 bits per heavy atom. The molecule has 168 valence electrons. The number of aromatic nitrogens is 2. The maximum absolute atomic E-state index is 13.4. The van der Waals surface area contributed by atoms with Gasteiger partial charge in [-0.25, -0.2) is 9.37 Å². The molecular formula is C24H26FN3O3S. The molecule has 1 amide bonds. The van der Waals surface area contributed by atoms with Crippen molar-refractivity contribution in [2.45, 2.75) is 56.3 Å². The van der Waals surface area contributed by atoms with Gasteiger partial charge in [0.2, 0.25) is 0 Å². The zero-order chi connectivity index (χ0) is 22.7. The molecule has 1 atom stereocenters. The van der Waals surface area contributed by atoms with E-state index in [-0.39, 0.29) is 29.4 Å². The van der Waals surface area contributed by atoms with E-state index >= 15 is 0 Å². The Labute approximate surface area is 190 Å². The number of fused-ring (bicyclic) bond motifs is 1. The highest BCUT2D eigenvalue weighted by molar-refractivity contribution is 7.98. The van der Waals surface area contributed by atoms with E-state index < -0.39 is 0 Å². The van der Waals surface area contributed by atoms with E-state index in [4.69, 9.17) is 9.72 Å². The lowest BCUT2D eigenvalue weighted by atomic mass is 10.1. The predicted octanol–water partition coefficient (Wildman–Crippen LogP) is 4.15. The van der Waals surface area contributed by atoms with Crippen molar-refractivity contribution >= 4 is 28.6 Å². The summed E-state index contributed by atoms with van der Waals surface area (Å²) < 4.78 is 20.7. The van der Waals surface area contributed by atoms with Crippen molar-refractivity contribution < 1.29 is 13.9 Å². The van der Waals surface area contributed by atoms with Gasteiger partial charge in [0.25, 0.3) is 11.5 Å². The Morgan fingerprint density at radius 2 is 2.06 bits per heavy atom. The average molecular weight is 456 g/mol. The number of nitrogens with zero attached hydrogens (tertiary/aromatic N) is 2. The van der Waals surface area contributed by atoms with Crippen molar-refractivity contribution in [2.24, 2.45) is 0 Å². The highest BCUT2D eigenvalue weighted by atomic mass is 32.2. The third-order valence-electron chi connectivity index (χ3n) is 5.29. The monoisotopic (exact) mass is 455 g/mol. The molecule has 4 rings (SSSR count). The van der Waals surface area contributed by atoms with E-state index in [2.05, 4.69) is 5.32 Å². The molecule has 1 N–H and O–H groups in total. The first-order chi connectivity index (χ1) is 15.4. The zero-order valence-electron chi connectivity index (χ0n) is 18.1. The van der Waals surface area contributed by atoms with E-state index in [9.17, 15) is 14.0 Å². The molecule has 6 nitrogen and oxygen atoms in total. The first-order valence-corrected chi connectivity index (χ1v) is 11.7. The fraction of sp³-hybridized carbons (Fsp3) is 0.375. The number of nitrogens with one attached hydrogen (secondary N) is 1. The van der Waals surface area contributed by atoms with E-state index in [1.807, 2.05) is 13.8 Å². The number of hydrogen-bond acceptors (Lipinski definition) is 5. The largest absolute Gasteiger partial charge is 0.376 e. The molecular weight excluding hydrogens is 429 g/mol. The van der Waals surface area contributed by atoms with Gasteiger partial charge in [-0.2, -0.15) is 0 Å². The molecule has 0 bridgehead atoms. The second-order valence-electron chi connectivity index (χ2n) is 8.22. The number of halogens is 1. The SMILES string of the molecule is CC(C)NC(=O)c1ccc2c(=O)n(CC3CCCO3)c(SCc3ccc(F)cc3)nc2c1. The number of rotatable bonds is 7. The summed E-state index contributed by atoms with van der Waals surface area (Å²) >= 11 is 1.42. The Morgan fingerprint density at radius 3 is 2.75 bits per heavy atom. The lowest BCUT2D eigenvalue weighted by Gasteiger charge is -2.17. The van der Waals surface area contributed by atoms with E-state index in [1.54, 1.807) is 34.9 Å². The fourth-order valence-electron chi connectivity index (χ4n) is 3.68. The molecule has 1 aromatic heterocycles. The summed E-state index contributed by atoms with van der Waals surface area (Å²) in [4.78, 5) is 30.5. The number of benzene rings is 2. The Kier molecular flexibility index (Phi) is 6.91. The highest BCUT2D eigenvalue weighted by Crippen LogP contribution is 2.24. The third-order valence-corrected chi connectivity index (χ3v) is 6.34. The standard InChI is InChI=1S/C24H26FN3O3S/c1-15(2)26-22(29)17-7-10-20-21(12-17)27-24(32-14-16-5-8-18(25)9-6-16)28(23(20)30)13-19-4-3-11-31-19/h5-10,12,15,19H,3-4,11,13-14H2,1-2H3,(H,26,29). The Hall–Kier alpha value is -2.71. The molecule has 1 aliphatic rings. The number of amides is 1. The van der Waals surface area contributed by atoms with Crippen molar-refractivity contribution in [1.82, 2.24) is 14.9 Å². The van der Waals surface area contributed by atoms with E-state index in [1.165, 1.54) is 23.9 Å². The van der Waals surface area contributed by atoms with Crippen LogP contribution in [0.25, 0.3) is 10.9 Å². The summed E-state index contributed by atoms with van der Waals surface area (Å²) in [7, 11) is 0. The van der Waals surface area contributed by atoms with Crippen LogP contribution < -0.4 is 10.9 Å². The normalized spacial score (nSPS) is 16.1. The van der Waals surface area contributed by atoms with Crippen LogP contribution in [0.5, 0.6) is 0 Å². The van der Waals surface area contributed by atoms with Crippen LogP contribution in [0.1, 0.15) is 42.6 Å². The number of carbonyl (C=O) groups excluding carboxylic acids is 1. The van der Waals surface area contributed by atoms with Crippen molar-refractivity contribution in [3.8, 4) is 0 Å². The van der Waals surface area contributed by atoms with E-state index in [0.29, 0.717) is 40.5 Å². The van der Waals surface area contributed by atoms with Gasteiger partial charge in [0.15, 0.2) is 5.16 Å². The van der Waals surface area contributed by atoms with Crippen LogP contribution in [0, 0.1) is 5.82 Å². The molecule has 2 heterocycles. The molecule has 0 aliphatic carbocycles. The predicted molar refractivity (Wildman–Crippen MR) is 124 cm³/mol. The topological polar surface area (TPSA) is 73.2 Å². The second kappa shape index (κ2) is 9.83. The summed E-state index contributed by atoms with van der Waals surface area (Å²) in [6, 6.07) is 11.3. The molecule has 1 unspecified atom stereocenters. The number of ether oxygens (including phenoxy) is 1. The molecule has 3 aromatic rings. The molecule has 8 heteroatoms. The average Bonchev–Trinajstić information content (AvgIpc) is 3.28. The van der Waals surface area contributed by atoms with Crippen molar-refractivity contribution in [2.75, 3.05) is 6.61 Å². The summed E-state index contributed by atoms with van der Waals surface area (Å²) in [6.45, 7) is 4.92. The first kappa shape index (κ1) is 22.5.